The molecule has 22 heavy (non-hydrogen) atoms. The Hall–Kier alpha value is -2.22. The molecule has 0 saturated heterocycles. The molecule has 0 aliphatic heterocycles. The highest BCUT2D eigenvalue weighted by atomic mass is 15.1. The Morgan fingerprint density at radius 2 is 1.50 bits per heavy atom. The molecule has 2 nitrogen and oxygen atoms in total. The van der Waals surface area contributed by atoms with Gasteiger partial charge in [-0.25, -0.2) is 0 Å². The van der Waals surface area contributed by atoms with Gasteiger partial charge in [0.1, 0.15) is 0 Å². The van der Waals surface area contributed by atoms with Crippen LogP contribution in [-0.4, -0.2) is 0 Å². The van der Waals surface area contributed by atoms with Gasteiger partial charge in [0.15, 0.2) is 0 Å². The summed E-state index contributed by atoms with van der Waals surface area (Å²) in [4.78, 5) is 0. The molecule has 0 radical (unpaired) electrons. The molecular formula is C20H22N2. The predicted octanol–water partition coefficient (Wildman–Crippen LogP) is 6.50. The number of azo groups is 1. The van der Waals surface area contributed by atoms with Crippen LogP contribution in [0.3, 0.4) is 0 Å². The van der Waals surface area contributed by atoms with Crippen LogP contribution in [0.25, 0.3) is 5.57 Å². The van der Waals surface area contributed by atoms with Crippen LogP contribution in [0, 0.1) is 6.92 Å². The molecule has 112 valence electrons. The minimum absolute atomic E-state index is 0.196. The lowest BCUT2D eigenvalue weighted by Gasteiger charge is -2.31. The smallest absolute Gasteiger partial charge is 0.0863 e. The maximum absolute atomic E-state index is 4.39. The first-order valence-electron chi connectivity index (χ1n) is 7.76. The summed E-state index contributed by atoms with van der Waals surface area (Å²) >= 11 is 0. The summed E-state index contributed by atoms with van der Waals surface area (Å²) in [7, 11) is 0. The molecule has 3 rings (SSSR count). The number of rotatable bonds is 2. The molecule has 2 aromatic rings. The van der Waals surface area contributed by atoms with Crippen molar-refractivity contribution in [1.29, 1.82) is 0 Å². The van der Waals surface area contributed by atoms with Gasteiger partial charge in [-0.05, 0) is 66.6 Å². The zero-order valence-corrected chi connectivity index (χ0v) is 13.7. The second-order valence-corrected chi connectivity index (χ2v) is 6.74. The number of benzene rings is 2. The summed E-state index contributed by atoms with van der Waals surface area (Å²) in [5.74, 6) is 0. The Kier molecular flexibility index (Phi) is 3.69. The number of hydrogen-bond donors (Lipinski definition) is 0. The fourth-order valence-corrected chi connectivity index (χ4v) is 2.87. The van der Waals surface area contributed by atoms with Gasteiger partial charge in [0.25, 0.3) is 0 Å². The predicted molar refractivity (Wildman–Crippen MR) is 93.1 cm³/mol. The Morgan fingerprint density at radius 3 is 2.23 bits per heavy atom. The molecule has 0 unspecified atom stereocenters. The van der Waals surface area contributed by atoms with E-state index >= 15 is 0 Å². The highest BCUT2D eigenvalue weighted by molar-refractivity contribution is 5.72. The van der Waals surface area contributed by atoms with Gasteiger partial charge >= 0.3 is 0 Å². The van der Waals surface area contributed by atoms with Gasteiger partial charge < -0.3 is 0 Å². The van der Waals surface area contributed by atoms with Crippen molar-refractivity contribution in [2.24, 2.45) is 10.2 Å². The fraction of sp³-hybridized carbons (Fsp3) is 0.300. The van der Waals surface area contributed by atoms with Gasteiger partial charge in [-0.1, -0.05) is 43.7 Å². The number of hydrogen-bond acceptors (Lipinski definition) is 2. The SMILES string of the molecule is CC1=CCC(C)(C)c2ccc(N=Nc3ccc(C)cc3)cc21. The largest absolute Gasteiger partial charge is 0.151 e. The number of aryl methyl sites for hydroxylation is 1. The summed E-state index contributed by atoms with van der Waals surface area (Å²) in [5, 5.41) is 8.73. The fourth-order valence-electron chi connectivity index (χ4n) is 2.87. The average molecular weight is 290 g/mol. The van der Waals surface area contributed by atoms with E-state index in [2.05, 4.69) is 74.3 Å². The van der Waals surface area contributed by atoms with Crippen molar-refractivity contribution < 1.29 is 0 Å². The quantitative estimate of drug-likeness (QED) is 0.564. The van der Waals surface area contributed by atoms with Gasteiger partial charge in [-0.2, -0.15) is 10.2 Å². The first-order valence-corrected chi connectivity index (χ1v) is 7.76. The van der Waals surface area contributed by atoms with Crippen LogP contribution in [0.15, 0.2) is 58.8 Å². The van der Waals surface area contributed by atoms with Gasteiger partial charge in [0.05, 0.1) is 11.4 Å². The standard InChI is InChI=1S/C20H22N2/c1-14-5-7-16(8-6-14)21-22-17-9-10-19-18(13-17)15(2)11-12-20(19,3)4/h5-11,13H,12H2,1-4H3. The Morgan fingerprint density at radius 1 is 0.864 bits per heavy atom. The van der Waals surface area contributed by atoms with Crippen LogP contribution in [0.5, 0.6) is 0 Å². The van der Waals surface area contributed by atoms with E-state index in [1.165, 1.54) is 22.3 Å². The third kappa shape index (κ3) is 2.87. The minimum atomic E-state index is 0.196. The van der Waals surface area contributed by atoms with E-state index in [1.807, 2.05) is 12.1 Å². The molecule has 1 aliphatic rings. The third-order valence-corrected chi connectivity index (χ3v) is 4.39. The van der Waals surface area contributed by atoms with Crippen LogP contribution in [0.4, 0.5) is 11.4 Å². The van der Waals surface area contributed by atoms with Gasteiger partial charge in [0, 0.05) is 0 Å². The normalized spacial score (nSPS) is 16.5. The van der Waals surface area contributed by atoms with Crippen LogP contribution in [0.1, 0.15) is 43.9 Å². The highest BCUT2D eigenvalue weighted by Crippen LogP contribution is 2.40. The summed E-state index contributed by atoms with van der Waals surface area (Å²) < 4.78 is 0. The Labute approximate surface area is 132 Å². The lowest BCUT2D eigenvalue weighted by Crippen LogP contribution is -2.20. The lowest BCUT2D eigenvalue weighted by atomic mass is 9.73. The first kappa shape index (κ1) is 14.7. The molecule has 0 saturated carbocycles. The maximum atomic E-state index is 4.39. The van der Waals surface area contributed by atoms with Crippen LogP contribution in [0.2, 0.25) is 0 Å². The third-order valence-electron chi connectivity index (χ3n) is 4.39. The van der Waals surface area contributed by atoms with Crippen LogP contribution >= 0.6 is 0 Å². The minimum Gasteiger partial charge on any atom is -0.151 e. The van der Waals surface area contributed by atoms with Crippen LogP contribution in [-0.2, 0) is 5.41 Å². The van der Waals surface area contributed by atoms with E-state index in [9.17, 15) is 0 Å². The van der Waals surface area contributed by atoms with Gasteiger partial charge in [-0.3, -0.25) is 0 Å². The number of nitrogens with zero attached hydrogens (tertiary/aromatic N) is 2. The molecule has 2 heteroatoms. The summed E-state index contributed by atoms with van der Waals surface area (Å²) in [6.45, 7) is 8.83. The molecular weight excluding hydrogens is 268 g/mol. The summed E-state index contributed by atoms with van der Waals surface area (Å²) in [6, 6.07) is 14.5. The molecule has 0 heterocycles. The van der Waals surface area contributed by atoms with Crippen molar-refractivity contribution in [1.82, 2.24) is 0 Å². The molecule has 0 spiro atoms. The summed E-state index contributed by atoms with van der Waals surface area (Å²) in [6.07, 6.45) is 3.42. The maximum Gasteiger partial charge on any atom is 0.0863 e. The lowest BCUT2D eigenvalue weighted by molar-refractivity contribution is 0.527. The monoisotopic (exact) mass is 290 g/mol. The topological polar surface area (TPSA) is 24.7 Å². The number of allylic oxidation sites excluding steroid dienone is 2. The molecule has 0 aromatic heterocycles. The van der Waals surface area contributed by atoms with E-state index < -0.39 is 0 Å². The molecule has 0 amide bonds. The second kappa shape index (κ2) is 5.53. The molecule has 2 aromatic carbocycles. The van der Waals surface area contributed by atoms with Crippen LogP contribution < -0.4 is 0 Å². The molecule has 0 bridgehead atoms. The van der Waals surface area contributed by atoms with Gasteiger partial charge in [0.2, 0.25) is 0 Å². The average Bonchev–Trinajstić information content (AvgIpc) is 2.51. The molecule has 1 aliphatic carbocycles. The number of fused-ring (bicyclic) bond motifs is 1. The Balaban J connectivity index is 1.93. The Bertz CT molecular complexity index is 750. The van der Waals surface area contributed by atoms with E-state index in [-0.39, 0.29) is 5.41 Å². The van der Waals surface area contributed by atoms with Crippen molar-refractivity contribution in [3.05, 3.63) is 65.2 Å². The van der Waals surface area contributed by atoms with Crippen molar-refractivity contribution in [2.45, 2.75) is 39.5 Å². The van der Waals surface area contributed by atoms with Crippen molar-refractivity contribution >= 4 is 16.9 Å². The molecule has 0 atom stereocenters. The second-order valence-electron chi connectivity index (χ2n) is 6.74. The van der Waals surface area contributed by atoms with E-state index in [0.717, 1.165) is 17.8 Å². The van der Waals surface area contributed by atoms with Crippen molar-refractivity contribution in [3.8, 4) is 0 Å². The zero-order chi connectivity index (χ0) is 15.7. The van der Waals surface area contributed by atoms with E-state index in [0.29, 0.717) is 0 Å². The molecule has 0 fully saturated rings. The zero-order valence-electron chi connectivity index (χ0n) is 13.7. The first-order chi connectivity index (χ1) is 10.5. The highest BCUT2D eigenvalue weighted by Gasteiger charge is 2.26. The van der Waals surface area contributed by atoms with Crippen molar-refractivity contribution in [3.63, 3.8) is 0 Å². The van der Waals surface area contributed by atoms with Crippen molar-refractivity contribution in [2.75, 3.05) is 0 Å². The summed E-state index contributed by atoms with van der Waals surface area (Å²) in [5.41, 5.74) is 7.26. The van der Waals surface area contributed by atoms with E-state index in [1.54, 1.807) is 0 Å². The molecule has 0 N–H and O–H groups in total. The van der Waals surface area contributed by atoms with E-state index in [4.69, 9.17) is 0 Å². The van der Waals surface area contributed by atoms with Gasteiger partial charge in [-0.15, -0.1) is 0 Å².